The van der Waals surface area contributed by atoms with Gasteiger partial charge in [-0.25, -0.2) is 4.98 Å². The molecule has 8 nitrogen and oxygen atoms in total. The van der Waals surface area contributed by atoms with Gasteiger partial charge in [0, 0.05) is 18.4 Å². The maximum absolute atomic E-state index is 12.9. The molecule has 0 aliphatic carbocycles. The van der Waals surface area contributed by atoms with Gasteiger partial charge in [-0.1, -0.05) is 25.1 Å². The lowest BCUT2D eigenvalue weighted by Gasteiger charge is -2.31. The first kappa shape index (κ1) is 15.8. The van der Waals surface area contributed by atoms with Gasteiger partial charge in [0.1, 0.15) is 11.9 Å². The summed E-state index contributed by atoms with van der Waals surface area (Å²) in [7, 11) is 0. The van der Waals surface area contributed by atoms with Gasteiger partial charge in [-0.15, -0.1) is 0 Å². The second kappa shape index (κ2) is 6.64. The summed E-state index contributed by atoms with van der Waals surface area (Å²) >= 11 is 0. The number of morpholine rings is 1. The molecular formula is C17H20N6O2. The maximum atomic E-state index is 12.9. The Kier molecular flexibility index (Phi) is 4.19. The minimum Gasteiger partial charge on any atom is -0.366 e. The highest BCUT2D eigenvalue weighted by atomic mass is 16.5. The van der Waals surface area contributed by atoms with Crippen LogP contribution in [0.5, 0.6) is 0 Å². The molecule has 1 aliphatic heterocycles. The van der Waals surface area contributed by atoms with Crippen LogP contribution in [0.4, 0.5) is 0 Å². The summed E-state index contributed by atoms with van der Waals surface area (Å²) in [5.41, 5.74) is 1.30. The van der Waals surface area contributed by atoms with Crippen molar-refractivity contribution in [1.29, 1.82) is 0 Å². The number of rotatable bonds is 4. The van der Waals surface area contributed by atoms with Gasteiger partial charge in [-0.2, -0.15) is 10.2 Å². The van der Waals surface area contributed by atoms with Gasteiger partial charge in [0.2, 0.25) is 0 Å². The summed E-state index contributed by atoms with van der Waals surface area (Å²) in [6.07, 6.45) is 1.53. The number of hydrogen-bond donors (Lipinski definition) is 2. The van der Waals surface area contributed by atoms with E-state index >= 15 is 0 Å². The third-order valence-corrected chi connectivity index (χ3v) is 4.35. The van der Waals surface area contributed by atoms with Gasteiger partial charge in [0.25, 0.3) is 5.91 Å². The zero-order valence-electron chi connectivity index (χ0n) is 14.0. The first-order chi connectivity index (χ1) is 12.3. The third-order valence-electron chi connectivity index (χ3n) is 4.35. The Hall–Kier alpha value is -2.74. The molecule has 4 rings (SSSR count). The number of para-hydroxylation sites is 1. The molecular weight excluding hydrogens is 320 g/mol. The van der Waals surface area contributed by atoms with Crippen LogP contribution in [0.3, 0.4) is 0 Å². The van der Waals surface area contributed by atoms with Gasteiger partial charge in [0.05, 0.1) is 18.7 Å². The fraction of sp³-hybridized carbons (Fsp3) is 0.412. The van der Waals surface area contributed by atoms with Crippen LogP contribution in [0.25, 0.3) is 10.9 Å². The smallest absolute Gasteiger partial charge is 0.275 e. The fourth-order valence-corrected chi connectivity index (χ4v) is 3.07. The molecule has 1 aromatic carbocycles. The van der Waals surface area contributed by atoms with Crippen molar-refractivity contribution in [2.24, 2.45) is 0 Å². The number of nitrogens with zero attached hydrogens (tertiary/aromatic N) is 4. The maximum Gasteiger partial charge on any atom is 0.275 e. The number of H-pyrrole nitrogens is 2. The van der Waals surface area contributed by atoms with Crippen LogP contribution in [0.1, 0.15) is 41.6 Å². The van der Waals surface area contributed by atoms with Crippen LogP contribution < -0.4 is 0 Å². The minimum atomic E-state index is -0.315. The highest BCUT2D eigenvalue weighted by molar-refractivity contribution is 6.04. The molecule has 1 amide bonds. The lowest BCUT2D eigenvalue weighted by molar-refractivity contribution is -0.0268. The number of benzene rings is 1. The second-order valence-corrected chi connectivity index (χ2v) is 6.12. The zero-order chi connectivity index (χ0) is 17.2. The molecule has 1 aliphatic rings. The normalized spacial score (nSPS) is 18.0. The summed E-state index contributed by atoms with van der Waals surface area (Å²) in [6.45, 7) is 3.50. The van der Waals surface area contributed by atoms with E-state index in [1.807, 2.05) is 24.3 Å². The molecule has 0 unspecified atom stereocenters. The molecule has 1 atom stereocenters. The van der Waals surface area contributed by atoms with E-state index in [9.17, 15) is 4.79 Å². The van der Waals surface area contributed by atoms with Crippen LogP contribution in [-0.4, -0.2) is 55.9 Å². The van der Waals surface area contributed by atoms with Crippen molar-refractivity contribution >= 4 is 16.8 Å². The molecule has 0 bridgehead atoms. The molecule has 3 aromatic rings. The highest BCUT2D eigenvalue weighted by Gasteiger charge is 2.30. The Bertz CT molecular complexity index is 886. The van der Waals surface area contributed by atoms with E-state index in [2.05, 4.69) is 32.3 Å². The van der Waals surface area contributed by atoms with Crippen LogP contribution in [-0.2, 0) is 11.2 Å². The first-order valence-corrected chi connectivity index (χ1v) is 8.51. The Morgan fingerprint density at radius 3 is 3.08 bits per heavy atom. The number of hydrogen-bond acceptors (Lipinski definition) is 5. The van der Waals surface area contributed by atoms with Crippen LogP contribution in [0.15, 0.2) is 24.3 Å². The van der Waals surface area contributed by atoms with Crippen LogP contribution in [0, 0.1) is 0 Å². The van der Waals surface area contributed by atoms with E-state index in [4.69, 9.17) is 4.74 Å². The minimum absolute atomic E-state index is 0.102. The predicted molar refractivity (Wildman–Crippen MR) is 91.1 cm³/mol. The summed E-state index contributed by atoms with van der Waals surface area (Å²) in [5, 5.41) is 15.1. The molecule has 1 fully saturated rings. The van der Waals surface area contributed by atoms with E-state index in [1.54, 1.807) is 4.90 Å². The molecule has 2 aromatic heterocycles. The Labute approximate surface area is 144 Å². The number of aromatic nitrogens is 5. The van der Waals surface area contributed by atoms with Crippen molar-refractivity contribution in [2.45, 2.75) is 25.9 Å². The molecule has 8 heteroatoms. The summed E-state index contributed by atoms with van der Waals surface area (Å²) in [4.78, 5) is 19.1. The Balaban J connectivity index is 1.53. The van der Waals surface area contributed by atoms with E-state index in [1.165, 1.54) is 0 Å². The van der Waals surface area contributed by atoms with E-state index in [-0.39, 0.29) is 12.0 Å². The average Bonchev–Trinajstić information content (AvgIpc) is 3.29. The van der Waals surface area contributed by atoms with Crippen molar-refractivity contribution in [2.75, 3.05) is 19.7 Å². The summed E-state index contributed by atoms with van der Waals surface area (Å²) in [5.74, 6) is 1.35. The zero-order valence-corrected chi connectivity index (χ0v) is 14.0. The molecule has 0 spiro atoms. The predicted octanol–water partition coefficient (Wildman–Crippen LogP) is 1.85. The van der Waals surface area contributed by atoms with E-state index in [0.717, 1.165) is 29.6 Å². The van der Waals surface area contributed by atoms with Crippen molar-refractivity contribution in [3.05, 3.63) is 41.6 Å². The van der Waals surface area contributed by atoms with Gasteiger partial charge in [0.15, 0.2) is 11.5 Å². The molecule has 2 N–H and O–H groups in total. The molecule has 25 heavy (non-hydrogen) atoms. The number of carbonyl (C=O) groups excluding carboxylic acids is 1. The molecule has 0 radical (unpaired) electrons. The summed E-state index contributed by atoms with van der Waals surface area (Å²) < 4.78 is 5.77. The number of carbonyl (C=O) groups is 1. The number of ether oxygens (including phenoxy) is 1. The van der Waals surface area contributed by atoms with Gasteiger partial charge in [-0.05, 0) is 12.5 Å². The SMILES string of the molecule is CCCc1nc([C@H]2CN(C(=O)c3n[nH]c4ccccc34)CCO2)n[nH]1. The second-order valence-electron chi connectivity index (χ2n) is 6.12. The van der Waals surface area contributed by atoms with Crippen LogP contribution in [0.2, 0.25) is 0 Å². The number of nitrogens with one attached hydrogen (secondary N) is 2. The van der Waals surface area contributed by atoms with E-state index in [0.29, 0.717) is 31.2 Å². The summed E-state index contributed by atoms with van der Waals surface area (Å²) in [6, 6.07) is 7.62. The number of fused-ring (bicyclic) bond motifs is 1. The Morgan fingerprint density at radius 1 is 1.32 bits per heavy atom. The third kappa shape index (κ3) is 3.00. The van der Waals surface area contributed by atoms with Crippen molar-refractivity contribution in [3.8, 4) is 0 Å². The molecule has 3 heterocycles. The lowest BCUT2D eigenvalue weighted by atomic mass is 10.1. The van der Waals surface area contributed by atoms with Crippen LogP contribution >= 0.6 is 0 Å². The number of aryl methyl sites for hydroxylation is 1. The molecule has 130 valence electrons. The van der Waals surface area contributed by atoms with E-state index < -0.39 is 0 Å². The molecule has 0 saturated carbocycles. The average molecular weight is 340 g/mol. The largest absolute Gasteiger partial charge is 0.366 e. The quantitative estimate of drug-likeness (QED) is 0.755. The van der Waals surface area contributed by atoms with Crippen molar-refractivity contribution < 1.29 is 9.53 Å². The first-order valence-electron chi connectivity index (χ1n) is 8.51. The van der Waals surface area contributed by atoms with Crippen molar-refractivity contribution in [1.82, 2.24) is 30.3 Å². The van der Waals surface area contributed by atoms with Gasteiger partial charge >= 0.3 is 0 Å². The monoisotopic (exact) mass is 340 g/mol. The fourth-order valence-electron chi connectivity index (χ4n) is 3.07. The standard InChI is InChI=1S/C17H20N6O2/c1-2-5-14-18-16(22-20-14)13-10-23(8-9-25-13)17(24)15-11-6-3-4-7-12(11)19-21-15/h3-4,6-7,13H,2,5,8-10H2,1H3,(H,19,21)(H,18,20,22)/t13-/m1/s1. The molecule has 1 saturated heterocycles. The lowest BCUT2D eigenvalue weighted by Crippen LogP contribution is -2.42. The number of aromatic amines is 2. The number of amides is 1. The topological polar surface area (TPSA) is 99.8 Å². The van der Waals surface area contributed by atoms with Gasteiger partial charge < -0.3 is 9.64 Å². The highest BCUT2D eigenvalue weighted by Crippen LogP contribution is 2.23. The van der Waals surface area contributed by atoms with Gasteiger partial charge in [-0.3, -0.25) is 15.0 Å². The van der Waals surface area contributed by atoms with Crippen molar-refractivity contribution in [3.63, 3.8) is 0 Å². The Morgan fingerprint density at radius 2 is 2.20 bits per heavy atom.